The van der Waals surface area contributed by atoms with Crippen LogP contribution in [0.15, 0.2) is 0 Å². The van der Waals surface area contributed by atoms with Gasteiger partial charge in [-0.1, -0.05) is 58.8 Å². The Kier molecular flexibility index (Phi) is 10.6. The molecular weight excluding hydrogens is 198 g/mol. The second-order valence-electron chi connectivity index (χ2n) is 5.03. The van der Waals surface area contributed by atoms with E-state index in [4.69, 9.17) is 10.1 Å². The van der Waals surface area contributed by atoms with Crippen molar-refractivity contribution in [2.45, 2.75) is 71.6 Å². The van der Waals surface area contributed by atoms with Gasteiger partial charge in [0.05, 0.1) is 7.11 Å². The zero-order valence-electron chi connectivity index (χ0n) is 11.3. The first-order valence-electron chi connectivity index (χ1n) is 6.78. The number of nitrogens with one attached hydrogen (secondary N) is 1. The van der Waals surface area contributed by atoms with E-state index in [0.29, 0.717) is 5.90 Å². The maximum Gasteiger partial charge on any atom is 0.180 e. The maximum atomic E-state index is 7.33. The highest BCUT2D eigenvalue weighted by molar-refractivity contribution is 5.72. The SMILES string of the molecule is COC(=N)CCCCCCCCCC(C)C. The summed E-state index contributed by atoms with van der Waals surface area (Å²) >= 11 is 0. The van der Waals surface area contributed by atoms with Crippen molar-refractivity contribution in [3.63, 3.8) is 0 Å². The third-order valence-electron chi connectivity index (χ3n) is 2.93. The van der Waals surface area contributed by atoms with Crippen molar-refractivity contribution in [2.24, 2.45) is 5.92 Å². The van der Waals surface area contributed by atoms with Crippen molar-refractivity contribution in [3.05, 3.63) is 0 Å². The molecule has 0 aromatic rings. The predicted molar refractivity (Wildman–Crippen MR) is 71.1 cm³/mol. The van der Waals surface area contributed by atoms with Gasteiger partial charge in [-0.15, -0.1) is 0 Å². The summed E-state index contributed by atoms with van der Waals surface area (Å²) in [4.78, 5) is 0. The largest absolute Gasteiger partial charge is 0.484 e. The first-order chi connectivity index (χ1) is 7.66. The van der Waals surface area contributed by atoms with Crippen LogP contribution in [0, 0.1) is 11.3 Å². The lowest BCUT2D eigenvalue weighted by molar-refractivity contribution is 0.382. The number of hydrogen-bond donors (Lipinski definition) is 1. The first kappa shape index (κ1) is 15.5. The van der Waals surface area contributed by atoms with Crippen LogP contribution >= 0.6 is 0 Å². The summed E-state index contributed by atoms with van der Waals surface area (Å²) in [7, 11) is 1.58. The fourth-order valence-corrected chi connectivity index (χ4v) is 1.82. The molecule has 0 aliphatic rings. The maximum absolute atomic E-state index is 7.33. The average molecular weight is 227 g/mol. The van der Waals surface area contributed by atoms with Gasteiger partial charge in [0.25, 0.3) is 0 Å². The molecule has 0 aliphatic heterocycles. The van der Waals surface area contributed by atoms with E-state index < -0.39 is 0 Å². The Morgan fingerprint density at radius 3 is 1.94 bits per heavy atom. The lowest BCUT2D eigenvalue weighted by atomic mass is 10.0. The van der Waals surface area contributed by atoms with Crippen LogP contribution in [0.5, 0.6) is 0 Å². The molecule has 0 unspecified atom stereocenters. The van der Waals surface area contributed by atoms with E-state index in [1.807, 2.05) is 0 Å². The molecule has 0 saturated heterocycles. The Morgan fingerprint density at radius 1 is 0.938 bits per heavy atom. The Morgan fingerprint density at radius 2 is 1.44 bits per heavy atom. The average Bonchev–Trinajstić information content (AvgIpc) is 2.26. The van der Waals surface area contributed by atoms with Crippen molar-refractivity contribution >= 4 is 5.90 Å². The number of ether oxygens (including phenoxy) is 1. The van der Waals surface area contributed by atoms with Gasteiger partial charge in [-0.2, -0.15) is 0 Å². The van der Waals surface area contributed by atoms with Crippen molar-refractivity contribution in [1.82, 2.24) is 0 Å². The zero-order valence-corrected chi connectivity index (χ0v) is 11.3. The third kappa shape index (κ3) is 11.5. The van der Waals surface area contributed by atoms with E-state index >= 15 is 0 Å². The van der Waals surface area contributed by atoms with Gasteiger partial charge in [0.2, 0.25) is 0 Å². The van der Waals surface area contributed by atoms with Crippen LogP contribution in [-0.4, -0.2) is 13.0 Å². The molecule has 0 atom stereocenters. The van der Waals surface area contributed by atoms with Gasteiger partial charge in [0.1, 0.15) is 0 Å². The van der Waals surface area contributed by atoms with Crippen LogP contribution in [0.25, 0.3) is 0 Å². The van der Waals surface area contributed by atoms with Crippen LogP contribution in [0.4, 0.5) is 0 Å². The molecule has 0 amide bonds. The third-order valence-corrected chi connectivity index (χ3v) is 2.93. The second kappa shape index (κ2) is 11.0. The Balaban J connectivity index is 3.01. The fourth-order valence-electron chi connectivity index (χ4n) is 1.82. The molecule has 0 aromatic carbocycles. The summed E-state index contributed by atoms with van der Waals surface area (Å²) in [5, 5.41) is 7.33. The molecular formula is C14H29NO. The molecule has 0 heterocycles. The summed E-state index contributed by atoms with van der Waals surface area (Å²) in [5.41, 5.74) is 0. The van der Waals surface area contributed by atoms with Crippen LogP contribution < -0.4 is 0 Å². The highest BCUT2D eigenvalue weighted by Gasteiger charge is 1.97. The van der Waals surface area contributed by atoms with Gasteiger partial charge in [-0.25, -0.2) is 0 Å². The molecule has 16 heavy (non-hydrogen) atoms. The Bertz CT molecular complexity index is 166. The van der Waals surface area contributed by atoms with E-state index in [9.17, 15) is 0 Å². The van der Waals surface area contributed by atoms with Gasteiger partial charge in [-0.3, -0.25) is 5.41 Å². The highest BCUT2D eigenvalue weighted by atomic mass is 16.5. The Hall–Kier alpha value is -0.530. The van der Waals surface area contributed by atoms with Crippen LogP contribution in [-0.2, 0) is 4.74 Å². The van der Waals surface area contributed by atoms with Crippen LogP contribution in [0.2, 0.25) is 0 Å². The summed E-state index contributed by atoms with van der Waals surface area (Å²) in [6.45, 7) is 4.59. The molecule has 0 radical (unpaired) electrons. The van der Waals surface area contributed by atoms with E-state index in [2.05, 4.69) is 13.8 Å². The molecule has 0 saturated carbocycles. The Labute approximate surface area is 101 Å². The molecule has 96 valence electrons. The highest BCUT2D eigenvalue weighted by Crippen LogP contribution is 2.12. The molecule has 2 nitrogen and oxygen atoms in total. The number of unbranched alkanes of at least 4 members (excludes halogenated alkanes) is 6. The van der Waals surface area contributed by atoms with Crippen LogP contribution in [0.3, 0.4) is 0 Å². The van der Waals surface area contributed by atoms with Gasteiger partial charge in [0, 0.05) is 6.42 Å². The van der Waals surface area contributed by atoms with E-state index in [1.54, 1.807) is 7.11 Å². The molecule has 0 aromatic heterocycles. The number of rotatable bonds is 10. The minimum Gasteiger partial charge on any atom is -0.484 e. The van der Waals surface area contributed by atoms with Crippen LogP contribution in [0.1, 0.15) is 71.6 Å². The lowest BCUT2D eigenvalue weighted by Gasteiger charge is -2.04. The molecule has 0 spiro atoms. The summed E-state index contributed by atoms with van der Waals surface area (Å²) in [6, 6.07) is 0. The first-order valence-corrected chi connectivity index (χ1v) is 6.78. The molecule has 0 bridgehead atoms. The van der Waals surface area contributed by atoms with Gasteiger partial charge in [0.15, 0.2) is 5.90 Å². The lowest BCUT2D eigenvalue weighted by Crippen LogP contribution is -1.97. The molecule has 1 N–H and O–H groups in total. The normalized spacial score (nSPS) is 10.8. The van der Waals surface area contributed by atoms with Crippen molar-refractivity contribution in [2.75, 3.05) is 7.11 Å². The summed E-state index contributed by atoms with van der Waals surface area (Å²) in [5.74, 6) is 1.29. The minimum atomic E-state index is 0.428. The van der Waals surface area contributed by atoms with Gasteiger partial charge in [-0.05, 0) is 12.3 Å². The summed E-state index contributed by atoms with van der Waals surface area (Å²) in [6.07, 6.45) is 11.4. The van der Waals surface area contributed by atoms with E-state index in [1.165, 1.54) is 44.9 Å². The number of methoxy groups -OCH3 is 1. The zero-order chi connectivity index (χ0) is 12.2. The minimum absolute atomic E-state index is 0.428. The smallest absolute Gasteiger partial charge is 0.180 e. The molecule has 0 fully saturated rings. The molecule has 0 aliphatic carbocycles. The quantitative estimate of drug-likeness (QED) is 0.325. The second-order valence-corrected chi connectivity index (χ2v) is 5.03. The van der Waals surface area contributed by atoms with E-state index in [0.717, 1.165) is 18.8 Å². The number of hydrogen-bond acceptors (Lipinski definition) is 2. The van der Waals surface area contributed by atoms with Gasteiger partial charge < -0.3 is 4.74 Å². The molecule has 2 heteroatoms. The monoisotopic (exact) mass is 227 g/mol. The van der Waals surface area contributed by atoms with Crippen molar-refractivity contribution < 1.29 is 4.74 Å². The topological polar surface area (TPSA) is 33.1 Å². The van der Waals surface area contributed by atoms with Gasteiger partial charge >= 0.3 is 0 Å². The van der Waals surface area contributed by atoms with E-state index in [-0.39, 0.29) is 0 Å². The fraction of sp³-hybridized carbons (Fsp3) is 0.929. The van der Waals surface area contributed by atoms with Crippen molar-refractivity contribution in [1.29, 1.82) is 5.41 Å². The summed E-state index contributed by atoms with van der Waals surface area (Å²) < 4.78 is 4.82. The molecule has 0 rings (SSSR count). The predicted octanol–water partition coefficient (Wildman–Crippen LogP) is 4.78. The van der Waals surface area contributed by atoms with Crippen molar-refractivity contribution in [3.8, 4) is 0 Å². The standard InChI is InChI=1S/C14H29NO/c1-13(2)11-9-7-5-4-6-8-10-12-14(15)16-3/h13,15H,4-12H2,1-3H3.